The van der Waals surface area contributed by atoms with Gasteiger partial charge in [-0.3, -0.25) is 19.6 Å². The Balaban J connectivity index is 1.64. The van der Waals surface area contributed by atoms with Crippen molar-refractivity contribution in [3.63, 3.8) is 0 Å². The molecule has 0 aliphatic carbocycles. The minimum Gasteiger partial charge on any atom is -0.379 e. The second-order valence-corrected chi connectivity index (χ2v) is 6.09. The van der Waals surface area contributed by atoms with Crippen molar-refractivity contribution < 1.29 is 14.3 Å². The molecule has 0 bridgehead atoms. The van der Waals surface area contributed by atoms with Crippen molar-refractivity contribution in [1.29, 1.82) is 0 Å². The predicted molar refractivity (Wildman–Crippen MR) is 84.0 cm³/mol. The summed E-state index contributed by atoms with van der Waals surface area (Å²) in [6.07, 6.45) is -0.363. The molecular formula is C14H24N6O3. The van der Waals surface area contributed by atoms with Gasteiger partial charge in [0.2, 0.25) is 0 Å². The molecule has 3 aliphatic heterocycles. The highest BCUT2D eigenvalue weighted by atomic mass is 16.5. The van der Waals surface area contributed by atoms with Gasteiger partial charge in [-0.05, 0) is 0 Å². The summed E-state index contributed by atoms with van der Waals surface area (Å²) in [4.78, 5) is 35.8. The molecule has 0 unspecified atom stereocenters. The maximum atomic E-state index is 12.4. The highest BCUT2D eigenvalue weighted by Crippen LogP contribution is 2.22. The Morgan fingerprint density at radius 1 is 1.17 bits per heavy atom. The van der Waals surface area contributed by atoms with E-state index in [1.165, 1.54) is 7.05 Å². The van der Waals surface area contributed by atoms with Crippen molar-refractivity contribution >= 4 is 17.9 Å². The summed E-state index contributed by atoms with van der Waals surface area (Å²) >= 11 is 0. The van der Waals surface area contributed by atoms with Crippen molar-refractivity contribution in [1.82, 2.24) is 24.9 Å². The van der Waals surface area contributed by atoms with E-state index in [-0.39, 0.29) is 18.1 Å². The minimum absolute atomic E-state index is 0.202. The number of ether oxygens (including phenoxy) is 1. The molecule has 23 heavy (non-hydrogen) atoms. The number of likely N-dealkylation sites (N-methyl/N-ethyl adjacent to an activating group) is 3. The Morgan fingerprint density at radius 3 is 2.57 bits per heavy atom. The van der Waals surface area contributed by atoms with Crippen LogP contribution in [-0.4, -0.2) is 110 Å². The zero-order chi connectivity index (χ0) is 16.6. The fraction of sp³-hybridized carbons (Fsp3) is 0.786. The highest BCUT2D eigenvalue weighted by molar-refractivity contribution is 6.03. The standard InChI is InChI=1S/C14H24N6O3/c1-17-10-11(18(2)14(22)19(3)12(10)21)16-13(17)15-4-5-20-6-8-23-9-7-20/h10-11H,4-9H2,1-3H3,(H,15,16)/t10-,11-/m0/s1. The number of amides is 3. The lowest BCUT2D eigenvalue weighted by Crippen LogP contribution is -2.64. The average Bonchev–Trinajstić information content (AvgIpc) is 2.89. The second kappa shape index (κ2) is 6.32. The first-order chi connectivity index (χ1) is 11.0. The van der Waals surface area contributed by atoms with Crippen LogP contribution in [0.2, 0.25) is 0 Å². The van der Waals surface area contributed by atoms with Gasteiger partial charge in [0.15, 0.2) is 12.0 Å². The van der Waals surface area contributed by atoms with Gasteiger partial charge in [-0.25, -0.2) is 4.79 Å². The van der Waals surface area contributed by atoms with Crippen LogP contribution in [0, 0.1) is 0 Å². The summed E-state index contributed by atoms with van der Waals surface area (Å²) in [5.74, 6) is 0.461. The molecule has 1 N–H and O–H groups in total. The van der Waals surface area contributed by atoms with E-state index in [1.807, 2.05) is 11.9 Å². The summed E-state index contributed by atoms with van der Waals surface area (Å²) < 4.78 is 5.33. The lowest BCUT2D eigenvalue weighted by molar-refractivity contribution is -0.135. The van der Waals surface area contributed by atoms with E-state index in [4.69, 9.17) is 4.74 Å². The Morgan fingerprint density at radius 2 is 1.87 bits per heavy atom. The fourth-order valence-corrected chi connectivity index (χ4v) is 3.19. The molecule has 0 saturated carbocycles. The molecule has 128 valence electrons. The predicted octanol–water partition coefficient (Wildman–Crippen LogP) is -1.57. The SMILES string of the molecule is CN1C(=O)[C@@H]2[C@@H](NC(=NCCN3CCOCC3)N2C)N(C)C1=O. The first kappa shape index (κ1) is 16.0. The number of nitrogens with one attached hydrogen (secondary N) is 1. The molecule has 0 spiro atoms. The highest BCUT2D eigenvalue weighted by Gasteiger charge is 2.50. The van der Waals surface area contributed by atoms with Gasteiger partial charge in [-0.1, -0.05) is 0 Å². The first-order valence-corrected chi connectivity index (χ1v) is 7.89. The molecule has 2 atom stereocenters. The Bertz CT molecular complexity index is 519. The number of aliphatic imine (C=N–C) groups is 1. The van der Waals surface area contributed by atoms with Crippen LogP contribution in [0.1, 0.15) is 0 Å². The molecule has 3 heterocycles. The van der Waals surface area contributed by atoms with Gasteiger partial charge in [0.1, 0.15) is 6.17 Å². The number of imide groups is 1. The number of carbonyl (C=O) groups excluding carboxylic acids is 2. The quantitative estimate of drug-likeness (QED) is 0.675. The maximum absolute atomic E-state index is 12.4. The van der Waals surface area contributed by atoms with E-state index in [2.05, 4.69) is 15.2 Å². The van der Waals surface area contributed by atoms with E-state index >= 15 is 0 Å². The van der Waals surface area contributed by atoms with Crippen LogP contribution in [0.3, 0.4) is 0 Å². The Kier molecular flexibility index (Phi) is 4.40. The summed E-state index contributed by atoms with van der Waals surface area (Å²) in [6, 6.07) is -0.725. The third-order valence-corrected chi connectivity index (χ3v) is 4.70. The van der Waals surface area contributed by atoms with Gasteiger partial charge < -0.3 is 19.9 Å². The number of fused-ring (bicyclic) bond motifs is 1. The number of hydrogen-bond acceptors (Lipinski definition) is 5. The van der Waals surface area contributed by atoms with Crippen LogP contribution < -0.4 is 5.32 Å². The number of guanidine groups is 1. The maximum Gasteiger partial charge on any atom is 0.327 e. The topological polar surface area (TPSA) is 80.7 Å². The second-order valence-electron chi connectivity index (χ2n) is 6.09. The van der Waals surface area contributed by atoms with Crippen molar-refractivity contribution in [2.75, 3.05) is 60.5 Å². The van der Waals surface area contributed by atoms with Crippen LogP contribution in [0.5, 0.6) is 0 Å². The number of morpholine rings is 1. The van der Waals surface area contributed by atoms with Gasteiger partial charge >= 0.3 is 6.03 Å². The summed E-state index contributed by atoms with van der Waals surface area (Å²) in [5, 5.41) is 3.20. The van der Waals surface area contributed by atoms with E-state index in [9.17, 15) is 9.59 Å². The average molecular weight is 324 g/mol. The molecule has 9 heteroatoms. The van der Waals surface area contributed by atoms with E-state index in [0.29, 0.717) is 12.5 Å². The number of nitrogens with zero attached hydrogens (tertiary/aromatic N) is 5. The Hall–Kier alpha value is -1.87. The zero-order valence-corrected chi connectivity index (χ0v) is 13.9. The third-order valence-electron chi connectivity index (χ3n) is 4.70. The largest absolute Gasteiger partial charge is 0.379 e. The number of urea groups is 1. The molecule has 3 amide bonds. The van der Waals surface area contributed by atoms with Gasteiger partial charge in [0, 0.05) is 40.8 Å². The van der Waals surface area contributed by atoms with Crippen LogP contribution >= 0.6 is 0 Å². The summed E-state index contributed by atoms with van der Waals surface area (Å²) in [7, 11) is 5.04. The molecule has 3 rings (SSSR count). The third kappa shape index (κ3) is 2.86. The molecule has 3 saturated heterocycles. The van der Waals surface area contributed by atoms with Gasteiger partial charge in [0.05, 0.1) is 19.8 Å². The molecule has 0 radical (unpaired) electrons. The minimum atomic E-state index is -0.426. The normalized spacial score (nSPS) is 30.9. The molecule has 0 aromatic heterocycles. The molecule has 9 nitrogen and oxygen atoms in total. The lowest BCUT2D eigenvalue weighted by atomic mass is 10.1. The first-order valence-electron chi connectivity index (χ1n) is 7.89. The molecule has 3 aliphatic rings. The fourth-order valence-electron chi connectivity index (χ4n) is 3.19. The molecule has 3 fully saturated rings. The van der Waals surface area contributed by atoms with Crippen LogP contribution in [0.4, 0.5) is 4.79 Å². The zero-order valence-electron chi connectivity index (χ0n) is 13.9. The van der Waals surface area contributed by atoms with Crippen molar-refractivity contribution in [2.24, 2.45) is 4.99 Å². The summed E-state index contributed by atoms with van der Waals surface area (Å²) in [6.45, 7) is 4.91. The van der Waals surface area contributed by atoms with Crippen LogP contribution in [0.25, 0.3) is 0 Å². The monoisotopic (exact) mass is 324 g/mol. The van der Waals surface area contributed by atoms with E-state index in [1.54, 1.807) is 11.9 Å². The van der Waals surface area contributed by atoms with Crippen molar-refractivity contribution in [2.45, 2.75) is 12.2 Å². The van der Waals surface area contributed by atoms with E-state index < -0.39 is 6.04 Å². The van der Waals surface area contributed by atoms with Crippen molar-refractivity contribution in [3.05, 3.63) is 0 Å². The lowest BCUT2D eigenvalue weighted by Gasteiger charge is -2.38. The van der Waals surface area contributed by atoms with Crippen LogP contribution in [-0.2, 0) is 9.53 Å². The molecule has 0 aromatic rings. The van der Waals surface area contributed by atoms with Crippen molar-refractivity contribution in [3.8, 4) is 0 Å². The molecular weight excluding hydrogens is 300 g/mol. The van der Waals surface area contributed by atoms with Gasteiger partial charge in [0.25, 0.3) is 5.91 Å². The number of carbonyl (C=O) groups is 2. The Labute approximate surface area is 135 Å². The van der Waals surface area contributed by atoms with Gasteiger partial charge in [-0.2, -0.15) is 0 Å². The van der Waals surface area contributed by atoms with E-state index in [0.717, 1.165) is 37.7 Å². The number of hydrogen-bond donors (Lipinski definition) is 1. The molecule has 0 aromatic carbocycles. The smallest absolute Gasteiger partial charge is 0.327 e. The number of rotatable bonds is 3. The van der Waals surface area contributed by atoms with Crippen LogP contribution in [0.15, 0.2) is 4.99 Å². The summed E-state index contributed by atoms with van der Waals surface area (Å²) in [5.41, 5.74) is 0. The van der Waals surface area contributed by atoms with Gasteiger partial charge in [-0.15, -0.1) is 0 Å².